The van der Waals surface area contributed by atoms with Crippen LogP contribution in [0.15, 0.2) is 24.3 Å². The highest BCUT2D eigenvalue weighted by atomic mass is 16.2. The second-order valence-electron chi connectivity index (χ2n) is 5.41. The molecule has 19 heavy (non-hydrogen) atoms. The lowest BCUT2D eigenvalue weighted by Gasteiger charge is -2.16. The molecule has 1 saturated heterocycles. The second-order valence-corrected chi connectivity index (χ2v) is 5.41. The average molecular weight is 260 g/mol. The number of amides is 1. The number of carbonyl (C=O) groups is 1. The predicted molar refractivity (Wildman–Crippen MR) is 78.4 cm³/mol. The molecule has 3 heteroatoms. The lowest BCUT2D eigenvalue weighted by molar-refractivity contribution is 0.0787. The third kappa shape index (κ3) is 3.57. The highest BCUT2D eigenvalue weighted by Crippen LogP contribution is 2.18. The third-order valence-corrected chi connectivity index (χ3v) is 3.81. The molecule has 1 aliphatic heterocycles. The molecule has 0 aliphatic carbocycles. The largest absolute Gasteiger partial charge is 0.338 e. The van der Waals surface area contributed by atoms with Gasteiger partial charge < -0.3 is 10.2 Å². The Morgan fingerprint density at radius 3 is 2.74 bits per heavy atom. The molecule has 1 N–H and O–H groups in total. The molecule has 1 aliphatic rings. The van der Waals surface area contributed by atoms with Crippen molar-refractivity contribution in [2.75, 3.05) is 26.7 Å². The highest BCUT2D eigenvalue weighted by molar-refractivity contribution is 5.94. The summed E-state index contributed by atoms with van der Waals surface area (Å²) in [5.41, 5.74) is 2.14. The smallest absolute Gasteiger partial charge is 0.253 e. The van der Waals surface area contributed by atoms with E-state index in [1.165, 1.54) is 5.56 Å². The van der Waals surface area contributed by atoms with Crippen LogP contribution in [0.5, 0.6) is 0 Å². The molecular weight excluding hydrogens is 236 g/mol. The van der Waals surface area contributed by atoms with Crippen molar-refractivity contribution in [1.82, 2.24) is 10.2 Å². The zero-order valence-corrected chi connectivity index (χ0v) is 12.0. The predicted octanol–water partition coefficient (Wildman–Crippen LogP) is 2.32. The SMILES string of the molecule is CCCc1ccc(C(=O)N2CCC(CNC)C2)cc1. The van der Waals surface area contributed by atoms with Gasteiger partial charge in [0.25, 0.3) is 5.91 Å². The molecule has 104 valence electrons. The lowest BCUT2D eigenvalue weighted by Crippen LogP contribution is -2.30. The van der Waals surface area contributed by atoms with Crippen LogP contribution in [-0.4, -0.2) is 37.5 Å². The van der Waals surface area contributed by atoms with Crippen molar-refractivity contribution in [3.63, 3.8) is 0 Å². The standard InChI is InChI=1S/C16H24N2O/c1-3-4-13-5-7-15(8-6-13)16(19)18-10-9-14(12-18)11-17-2/h5-8,14,17H,3-4,9-12H2,1-2H3. The van der Waals surface area contributed by atoms with Crippen molar-refractivity contribution in [2.45, 2.75) is 26.2 Å². The fourth-order valence-corrected chi connectivity index (χ4v) is 2.76. The van der Waals surface area contributed by atoms with Crippen LogP contribution in [0.1, 0.15) is 35.7 Å². The van der Waals surface area contributed by atoms with E-state index in [-0.39, 0.29) is 5.91 Å². The second kappa shape index (κ2) is 6.71. The van der Waals surface area contributed by atoms with E-state index in [4.69, 9.17) is 0 Å². The monoisotopic (exact) mass is 260 g/mol. The van der Waals surface area contributed by atoms with Gasteiger partial charge in [0.05, 0.1) is 0 Å². The lowest BCUT2D eigenvalue weighted by atomic mass is 10.1. The number of rotatable bonds is 5. The number of hydrogen-bond acceptors (Lipinski definition) is 2. The maximum atomic E-state index is 12.4. The van der Waals surface area contributed by atoms with Crippen LogP contribution >= 0.6 is 0 Å². The Labute approximate surface area is 116 Å². The minimum absolute atomic E-state index is 0.182. The molecular formula is C16H24N2O. The van der Waals surface area contributed by atoms with E-state index in [0.29, 0.717) is 5.92 Å². The van der Waals surface area contributed by atoms with Gasteiger partial charge in [-0.1, -0.05) is 25.5 Å². The van der Waals surface area contributed by atoms with Crippen LogP contribution in [0.4, 0.5) is 0 Å². The Bertz CT molecular complexity index is 413. The zero-order valence-electron chi connectivity index (χ0n) is 12.0. The molecule has 0 bridgehead atoms. The van der Waals surface area contributed by atoms with Crippen LogP contribution in [0, 0.1) is 5.92 Å². The Hall–Kier alpha value is -1.35. The number of nitrogens with zero attached hydrogens (tertiary/aromatic N) is 1. The number of carbonyl (C=O) groups excluding carboxylic acids is 1. The van der Waals surface area contributed by atoms with Gasteiger partial charge in [-0.2, -0.15) is 0 Å². The molecule has 1 amide bonds. The Kier molecular flexibility index (Phi) is 4.97. The summed E-state index contributed by atoms with van der Waals surface area (Å²) < 4.78 is 0. The van der Waals surface area contributed by atoms with E-state index in [2.05, 4.69) is 24.4 Å². The number of aryl methyl sites for hydroxylation is 1. The van der Waals surface area contributed by atoms with E-state index in [1.54, 1.807) is 0 Å². The minimum Gasteiger partial charge on any atom is -0.338 e. The van der Waals surface area contributed by atoms with Crippen molar-refractivity contribution in [2.24, 2.45) is 5.92 Å². The molecule has 3 nitrogen and oxygen atoms in total. The van der Waals surface area contributed by atoms with Crippen molar-refractivity contribution in [1.29, 1.82) is 0 Å². The maximum absolute atomic E-state index is 12.4. The van der Waals surface area contributed by atoms with Gasteiger partial charge in [0.15, 0.2) is 0 Å². The first-order chi connectivity index (χ1) is 9.24. The number of nitrogens with one attached hydrogen (secondary N) is 1. The van der Waals surface area contributed by atoms with Gasteiger partial charge in [0.2, 0.25) is 0 Å². The number of benzene rings is 1. The molecule has 1 atom stereocenters. The molecule has 0 aromatic heterocycles. The van der Waals surface area contributed by atoms with Crippen molar-refractivity contribution in [3.05, 3.63) is 35.4 Å². The molecule has 0 radical (unpaired) electrons. The summed E-state index contributed by atoms with van der Waals surface area (Å²) in [5, 5.41) is 3.19. The Morgan fingerprint density at radius 2 is 2.11 bits per heavy atom. The molecule has 1 heterocycles. The van der Waals surface area contributed by atoms with Crippen molar-refractivity contribution >= 4 is 5.91 Å². The van der Waals surface area contributed by atoms with Crippen LogP contribution in [-0.2, 0) is 6.42 Å². The topological polar surface area (TPSA) is 32.3 Å². The van der Waals surface area contributed by atoms with Gasteiger partial charge in [-0.3, -0.25) is 4.79 Å². The fourth-order valence-electron chi connectivity index (χ4n) is 2.76. The van der Waals surface area contributed by atoms with Gasteiger partial charge >= 0.3 is 0 Å². The molecule has 0 spiro atoms. The molecule has 2 rings (SSSR count). The van der Waals surface area contributed by atoms with Gasteiger partial charge in [-0.15, -0.1) is 0 Å². The quantitative estimate of drug-likeness (QED) is 0.881. The average Bonchev–Trinajstić information content (AvgIpc) is 2.88. The van der Waals surface area contributed by atoms with Gasteiger partial charge in [0.1, 0.15) is 0 Å². The van der Waals surface area contributed by atoms with Gasteiger partial charge in [-0.25, -0.2) is 0 Å². The van der Waals surface area contributed by atoms with Crippen LogP contribution in [0.25, 0.3) is 0 Å². The zero-order chi connectivity index (χ0) is 13.7. The summed E-state index contributed by atoms with van der Waals surface area (Å²) in [6, 6.07) is 8.10. The van der Waals surface area contributed by atoms with E-state index in [0.717, 1.165) is 44.5 Å². The molecule has 1 aromatic rings. The van der Waals surface area contributed by atoms with Crippen LogP contribution in [0.3, 0.4) is 0 Å². The Morgan fingerprint density at radius 1 is 1.37 bits per heavy atom. The Balaban J connectivity index is 1.96. The van der Waals surface area contributed by atoms with E-state index < -0.39 is 0 Å². The number of likely N-dealkylation sites (tertiary alicyclic amines) is 1. The first-order valence-corrected chi connectivity index (χ1v) is 7.27. The summed E-state index contributed by atoms with van der Waals surface area (Å²) in [6.45, 7) is 4.95. The molecule has 0 saturated carbocycles. The summed E-state index contributed by atoms with van der Waals surface area (Å²) >= 11 is 0. The third-order valence-electron chi connectivity index (χ3n) is 3.81. The minimum atomic E-state index is 0.182. The van der Waals surface area contributed by atoms with E-state index in [1.807, 2.05) is 24.1 Å². The van der Waals surface area contributed by atoms with Gasteiger partial charge in [-0.05, 0) is 50.0 Å². The van der Waals surface area contributed by atoms with Crippen molar-refractivity contribution < 1.29 is 4.79 Å². The molecule has 1 unspecified atom stereocenters. The fraction of sp³-hybridized carbons (Fsp3) is 0.562. The maximum Gasteiger partial charge on any atom is 0.253 e. The summed E-state index contributed by atoms with van der Waals surface area (Å²) in [5.74, 6) is 0.787. The van der Waals surface area contributed by atoms with Crippen LogP contribution < -0.4 is 5.32 Å². The van der Waals surface area contributed by atoms with E-state index in [9.17, 15) is 4.79 Å². The first-order valence-electron chi connectivity index (χ1n) is 7.27. The summed E-state index contributed by atoms with van der Waals surface area (Å²) in [6.07, 6.45) is 3.34. The summed E-state index contributed by atoms with van der Waals surface area (Å²) in [7, 11) is 1.97. The number of hydrogen-bond donors (Lipinski definition) is 1. The van der Waals surface area contributed by atoms with Crippen LogP contribution in [0.2, 0.25) is 0 Å². The first kappa shape index (κ1) is 14.1. The van der Waals surface area contributed by atoms with Crippen molar-refractivity contribution in [3.8, 4) is 0 Å². The molecule has 1 fully saturated rings. The highest BCUT2D eigenvalue weighted by Gasteiger charge is 2.26. The molecule has 1 aromatic carbocycles. The normalized spacial score (nSPS) is 18.8. The van der Waals surface area contributed by atoms with E-state index >= 15 is 0 Å². The van der Waals surface area contributed by atoms with Gasteiger partial charge in [0, 0.05) is 18.7 Å². The summed E-state index contributed by atoms with van der Waals surface area (Å²) in [4.78, 5) is 14.4.